The topological polar surface area (TPSA) is 68.0 Å². The highest BCUT2D eigenvalue weighted by Gasteiger charge is 2.04. The Morgan fingerprint density at radius 2 is 2.33 bits per heavy atom. The number of aromatic nitrogens is 2. The zero-order valence-corrected chi connectivity index (χ0v) is 8.10. The van der Waals surface area contributed by atoms with Gasteiger partial charge in [-0.1, -0.05) is 0 Å². The van der Waals surface area contributed by atoms with E-state index in [1.165, 1.54) is 0 Å². The average Bonchev–Trinajstić information content (AvgIpc) is 2.66. The molecule has 15 heavy (non-hydrogen) atoms. The summed E-state index contributed by atoms with van der Waals surface area (Å²) < 4.78 is 5.35. The van der Waals surface area contributed by atoms with E-state index in [0.717, 1.165) is 5.56 Å². The number of aryl methyl sites for hydroxylation is 1. The molecular formula is C10H9N3O2. The smallest absolute Gasteiger partial charge is 0.212 e. The first-order chi connectivity index (χ1) is 7.29. The number of hydrogen-bond donors (Lipinski definition) is 1. The maximum absolute atomic E-state index is 10.2. The van der Waals surface area contributed by atoms with Crippen LogP contribution >= 0.6 is 0 Å². The lowest BCUT2D eigenvalue weighted by Crippen LogP contribution is -1.96. The number of amides is 1. The molecule has 0 fully saturated rings. The number of carbonyl (C=O) groups is 1. The van der Waals surface area contributed by atoms with Gasteiger partial charge in [0.15, 0.2) is 11.7 Å². The molecule has 0 atom stereocenters. The van der Waals surface area contributed by atoms with E-state index in [9.17, 15) is 4.79 Å². The number of rotatable bonds is 3. The van der Waals surface area contributed by atoms with Crippen molar-refractivity contribution >= 4 is 12.2 Å². The van der Waals surface area contributed by atoms with E-state index < -0.39 is 0 Å². The van der Waals surface area contributed by atoms with Crippen molar-refractivity contribution in [1.29, 1.82) is 0 Å². The summed E-state index contributed by atoms with van der Waals surface area (Å²) in [4.78, 5) is 18.2. The molecule has 0 aliphatic carbocycles. The van der Waals surface area contributed by atoms with Crippen LogP contribution in [0.15, 0.2) is 28.9 Å². The molecule has 5 nitrogen and oxygen atoms in total. The first-order valence-electron chi connectivity index (χ1n) is 4.38. The van der Waals surface area contributed by atoms with E-state index in [-0.39, 0.29) is 0 Å². The highest BCUT2D eigenvalue weighted by atomic mass is 16.4. The number of pyridine rings is 1. The van der Waals surface area contributed by atoms with Crippen LogP contribution in [-0.2, 0) is 4.79 Å². The summed E-state index contributed by atoms with van der Waals surface area (Å²) in [7, 11) is 0. The molecule has 2 aromatic rings. The van der Waals surface area contributed by atoms with Crippen molar-refractivity contribution in [2.45, 2.75) is 6.92 Å². The molecule has 2 rings (SSSR count). The third kappa shape index (κ3) is 2.01. The lowest BCUT2D eigenvalue weighted by Gasteiger charge is -1.99. The molecule has 0 saturated heterocycles. The Labute approximate surface area is 86.2 Å². The van der Waals surface area contributed by atoms with E-state index >= 15 is 0 Å². The summed E-state index contributed by atoms with van der Waals surface area (Å²) >= 11 is 0. The van der Waals surface area contributed by atoms with Gasteiger partial charge in [-0.2, -0.15) is 0 Å². The quantitative estimate of drug-likeness (QED) is 0.769. The molecule has 0 saturated carbocycles. The van der Waals surface area contributed by atoms with Gasteiger partial charge in [0.1, 0.15) is 5.82 Å². The second-order valence-electron chi connectivity index (χ2n) is 2.94. The lowest BCUT2D eigenvalue weighted by molar-refractivity contribution is -0.105. The van der Waals surface area contributed by atoms with Crippen LogP contribution in [0.3, 0.4) is 0 Å². The largest absolute Gasteiger partial charge is 0.441 e. The van der Waals surface area contributed by atoms with Gasteiger partial charge in [0.05, 0.1) is 6.20 Å². The summed E-state index contributed by atoms with van der Waals surface area (Å²) in [5.74, 6) is 1.74. The van der Waals surface area contributed by atoms with Crippen LogP contribution in [0.1, 0.15) is 5.89 Å². The lowest BCUT2D eigenvalue weighted by atomic mass is 10.2. The van der Waals surface area contributed by atoms with Crippen molar-refractivity contribution in [3.8, 4) is 11.3 Å². The van der Waals surface area contributed by atoms with Crippen LogP contribution in [0.4, 0.5) is 5.82 Å². The normalized spacial score (nSPS) is 9.93. The molecule has 5 heteroatoms. The predicted octanol–water partition coefficient (Wildman–Crippen LogP) is 1.61. The predicted molar refractivity (Wildman–Crippen MR) is 54.2 cm³/mol. The van der Waals surface area contributed by atoms with Gasteiger partial charge in [-0.15, -0.1) is 0 Å². The van der Waals surface area contributed by atoms with Crippen molar-refractivity contribution < 1.29 is 9.21 Å². The van der Waals surface area contributed by atoms with E-state index in [1.807, 2.05) is 0 Å². The standard InChI is InChI=1S/C10H9N3O2/c1-7-12-5-9(15-7)8-2-3-11-10(4-8)13-6-14/h2-6H,1H3,(H,11,13,14). The Morgan fingerprint density at radius 1 is 1.47 bits per heavy atom. The van der Waals surface area contributed by atoms with E-state index in [2.05, 4.69) is 15.3 Å². The monoisotopic (exact) mass is 203 g/mol. The van der Waals surface area contributed by atoms with Crippen molar-refractivity contribution in [2.24, 2.45) is 0 Å². The molecule has 2 heterocycles. The van der Waals surface area contributed by atoms with Gasteiger partial charge in [-0.3, -0.25) is 4.79 Å². The maximum Gasteiger partial charge on any atom is 0.212 e. The molecule has 1 amide bonds. The second kappa shape index (κ2) is 3.91. The summed E-state index contributed by atoms with van der Waals surface area (Å²) in [5.41, 5.74) is 0.829. The Morgan fingerprint density at radius 3 is 3.00 bits per heavy atom. The van der Waals surface area contributed by atoms with Gasteiger partial charge < -0.3 is 9.73 Å². The van der Waals surface area contributed by atoms with Gasteiger partial charge >= 0.3 is 0 Å². The number of hydrogen-bond acceptors (Lipinski definition) is 4. The van der Waals surface area contributed by atoms with Crippen LogP contribution in [-0.4, -0.2) is 16.4 Å². The molecule has 2 aromatic heterocycles. The summed E-state index contributed by atoms with van der Waals surface area (Å²) in [6.07, 6.45) is 3.81. The molecule has 1 N–H and O–H groups in total. The van der Waals surface area contributed by atoms with Crippen LogP contribution in [0.25, 0.3) is 11.3 Å². The number of oxazole rings is 1. The van der Waals surface area contributed by atoms with Crippen molar-refractivity contribution in [1.82, 2.24) is 9.97 Å². The zero-order chi connectivity index (χ0) is 10.7. The number of carbonyl (C=O) groups excluding carboxylic acids is 1. The fourth-order valence-corrected chi connectivity index (χ4v) is 1.22. The average molecular weight is 203 g/mol. The SMILES string of the molecule is Cc1ncc(-c2ccnc(NC=O)c2)o1. The van der Waals surface area contributed by atoms with E-state index in [1.54, 1.807) is 31.5 Å². The molecule has 0 unspecified atom stereocenters. The van der Waals surface area contributed by atoms with Gasteiger partial charge in [-0.05, 0) is 12.1 Å². The van der Waals surface area contributed by atoms with Crippen LogP contribution in [0.2, 0.25) is 0 Å². The highest BCUT2D eigenvalue weighted by molar-refractivity contribution is 5.71. The maximum atomic E-state index is 10.2. The number of nitrogens with one attached hydrogen (secondary N) is 1. The minimum absolute atomic E-state index is 0.483. The molecule has 0 aromatic carbocycles. The fourth-order valence-electron chi connectivity index (χ4n) is 1.22. The van der Waals surface area contributed by atoms with E-state index in [0.29, 0.717) is 23.9 Å². The molecule has 0 aliphatic rings. The third-order valence-electron chi connectivity index (χ3n) is 1.87. The summed E-state index contributed by atoms with van der Waals surface area (Å²) in [5, 5.41) is 2.47. The third-order valence-corrected chi connectivity index (χ3v) is 1.87. The van der Waals surface area contributed by atoms with Gasteiger partial charge in [-0.25, -0.2) is 9.97 Å². The molecule has 0 aliphatic heterocycles. The van der Waals surface area contributed by atoms with Crippen molar-refractivity contribution in [3.63, 3.8) is 0 Å². The van der Waals surface area contributed by atoms with Gasteiger partial charge in [0.25, 0.3) is 0 Å². The van der Waals surface area contributed by atoms with Crippen LogP contribution in [0, 0.1) is 6.92 Å². The molecule has 0 spiro atoms. The number of anilines is 1. The minimum Gasteiger partial charge on any atom is -0.441 e. The van der Waals surface area contributed by atoms with Gasteiger partial charge in [0, 0.05) is 18.7 Å². The summed E-state index contributed by atoms with van der Waals surface area (Å²) in [6, 6.07) is 3.50. The molecule has 0 radical (unpaired) electrons. The molecule has 0 bridgehead atoms. The van der Waals surface area contributed by atoms with Crippen molar-refractivity contribution in [3.05, 3.63) is 30.4 Å². The number of nitrogens with zero attached hydrogens (tertiary/aromatic N) is 2. The fraction of sp³-hybridized carbons (Fsp3) is 0.100. The molecule has 76 valence electrons. The van der Waals surface area contributed by atoms with Crippen molar-refractivity contribution in [2.75, 3.05) is 5.32 Å². The minimum atomic E-state index is 0.483. The first kappa shape index (κ1) is 9.39. The van der Waals surface area contributed by atoms with Crippen LogP contribution in [0.5, 0.6) is 0 Å². The Balaban J connectivity index is 2.36. The Hall–Kier alpha value is -2.17. The van der Waals surface area contributed by atoms with E-state index in [4.69, 9.17) is 4.42 Å². The Bertz CT molecular complexity index is 479. The van der Waals surface area contributed by atoms with Crippen LogP contribution < -0.4 is 5.32 Å². The highest BCUT2D eigenvalue weighted by Crippen LogP contribution is 2.21. The first-order valence-corrected chi connectivity index (χ1v) is 4.38. The summed E-state index contributed by atoms with van der Waals surface area (Å²) in [6.45, 7) is 1.77. The zero-order valence-electron chi connectivity index (χ0n) is 8.10. The van der Waals surface area contributed by atoms with Gasteiger partial charge in [0.2, 0.25) is 6.41 Å². The Kier molecular flexibility index (Phi) is 2.45. The second-order valence-corrected chi connectivity index (χ2v) is 2.94. The molecular weight excluding hydrogens is 194 g/mol.